The lowest BCUT2D eigenvalue weighted by atomic mass is 10.1. The van der Waals surface area contributed by atoms with Crippen LogP contribution in [-0.4, -0.2) is 35.1 Å². The van der Waals surface area contributed by atoms with Crippen molar-refractivity contribution >= 4 is 16.9 Å². The van der Waals surface area contributed by atoms with Crippen LogP contribution in [-0.2, 0) is 6.54 Å². The maximum absolute atomic E-state index is 12.8. The minimum absolute atomic E-state index is 0.157. The lowest BCUT2D eigenvalue weighted by Gasteiger charge is -2.18. The summed E-state index contributed by atoms with van der Waals surface area (Å²) in [6.07, 6.45) is 0. The first-order valence-electron chi connectivity index (χ1n) is 9.99. The highest BCUT2D eigenvalue weighted by Crippen LogP contribution is 2.29. The number of fused-ring (bicyclic) bond motifs is 1. The standard InChI is InChI=1S/C24H24N4O3/c1-16(20-14-19(30-2)12-13-23(20)31-3)25-24(29)18-10-8-17(9-11-18)15-28-22-7-5-4-6-21(22)26-27-28/h4-14,16H,15H2,1-3H3,(H,25,29)/t16-/m1/s1. The van der Waals surface area contributed by atoms with Gasteiger partial charge in [-0.05, 0) is 55.0 Å². The SMILES string of the molecule is COc1ccc(OC)c([C@@H](C)NC(=O)c2ccc(Cn3nnc4ccccc43)cc2)c1. The molecule has 0 saturated carbocycles. The van der Waals surface area contributed by atoms with Crippen LogP contribution in [0.15, 0.2) is 66.7 Å². The average Bonchev–Trinajstić information content (AvgIpc) is 3.21. The number of carbonyl (C=O) groups is 1. The summed E-state index contributed by atoms with van der Waals surface area (Å²) in [5.74, 6) is 1.25. The molecule has 1 atom stereocenters. The number of benzene rings is 3. The Hall–Kier alpha value is -3.87. The minimum atomic E-state index is -0.251. The van der Waals surface area contributed by atoms with Crippen molar-refractivity contribution in [3.05, 3.63) is 83.4 Å². The first-order chi connectivity index (χ1) is 15.1. The van der Waals surface area contributed by atoms with Crippen molar-refractivity contribution in [1.82, 2.24) is 20.3 Å². The molecule has 1 heterocycles. The van der Waals surface area contributed by atoms with Crippen molar-refractivity contribution in [2.24, 2.45) is 0 Å². The zero-order valence-corrected chi connectivity index (χ0v) is 17.7. The fraction of sp³-hybridized carbons (Fsp3) is 0.208. The summed E-state index contributed by atoms with van der Waals surface area (Å²) in [6.45, 7) is 2.50. The number of para-hydroxylation sites is 1. The van der Waals surface area contributed by atoms with E-state index >= 15 is 0 Å². The Kier molecular flexibility index (Phi) is 5.84. The monoisotopic (exact) mass is 416 g/mol. The number of hydrogen-bond donors (Lipinski definition) is 1. The summed E-state index contributed by atoms with van der Waals surface area (Å²) in [5.41, 5.74) is 4.31. The van der Waals surface area contributed by atoms with Crippen LogP contribution >= 0.6 is 0 Å². The van der Waals surface area contributed by atoms with Crippen LogP contribution in [0.5, 0.6) is 11.5 Å². The van der Waals surface area contributed by atoms with E-state index in [1.807, 2.05) is 78.3 Å². The Morgan fingerprint density at radius 1 is 1.03 bits per heavy atom. The second kappa shape index (κ2) is 8.87. The van der Waals surface area contributed by atoms with E-state index in [4.69, 9.17) is 9.47 Å². The molecule has 7 nitrogen and oxygen atoms in total. The molecule has 0 bridgehead atoms. The van der Waals surface area contributed by atoms with Gasteiger partial charge in [-0.3, -0.25) is 4.79 Å². The number of nitrogens with zero attached hydrogens (tertiary/aromatic N) is 3. The molecule has 0 saturated heterocycles. The van der Waals surface area contributed by atoms with Crippen LogP contribution in [0, 0.1) is 0 Å². The summed E-state index contributed by atoms with van der Waals surface area (Å²) >= 11 is 0. The van der Waals surface area contributed by atoms with Crippen molar-refractivity contribution in [2.45, 2.75) is 19.5 Å². The Morgan fingerprint density at radius 3 is 2.55 bits per heavy atom. The third kappa shape index (κ3) is 4.35. The number of hydrogen-bond acceptors (Lipinski definition) is 5. The zero-order chi connectivity index (χ0) is 21.8. The van der Waals surface area contributed by atoms with Gasteiger partial charge >= 0.3 is 0 Å². The topological polar surface area (TPSA) is 78.3 Å². The molecule has 4 rings (SSSR count). The second-order valence-electron chi connectivity index (χ2n) is 7.24. The van der Waals surface area contributed by atoms with Crippen LogP contribution in [0.25, 0.3) is 11.0 Å². The number of carbonyl (C=O) groups excluding carboxylic acids is 1. The van der Waals surface area contributed by atoms with Gasteiger partial charge in [0.25, 0.3) is 5.91 Å². The molecule has 1 aromatic heterocycles. The summed E-state index contributed by atoms with van der Waals surface area (Å²) in [4.78, 5) is 12.8. The molecule has 0 fully saturated rings. The van der Waals surface area contributed by atoms with E-state index in [9.17, 15) is 4.79 Å². The number of methoxy groups -OCH3 is 2. The highest BCUT2D eigenvalue weighted by molar-refractivity contribution is 5.94. The van der Waals surface area contributed by atoms with E-state index in [1.54, 1.807) is 14.2 Å². The summed E-state index contributed by atoms with van der Waals surface area (Å²) in [7, 11) is 3.22. The van der Waals surface area contributed by atoms with E-state index in [2.05, 4.69) is 15.6 Å². The molecule has 0 aliphatic rings. The van der Waals surface area contributed by atoms with E-state index in [1.165, 1.54) is 0 Å². The Morgan fingerprint density at radius 2 is 1.81 bits per heavy atom. The van der Waals surface area contributed by atoms with E-state index in [0.29, 0.717) is 23.6 Å². The molecule has 1 amide bonds. The van der Waals surface area contributed by atoms with Gasteiger partial charge in [0.05, 0.1) is 32.3 Å². The molecule has 0 aliphatic carbocycles. The van der Waals surface area contributed by atoms with Gasteiger partial charge in [0.2, 0.25) is 0 Å². The van der Waals surface area contributed by atoms with Gasteiger partial charge in [0.15, 0.2) is 0 Å². The molecule has 158 valence electrons. The van der Waals surface area contributed by atoms with Gasteiger partial charge < -0.3 is 14.8 Å². The van der Waals surface area contributed by atoms with Gasteiger partial charge in [0.1, 0.15) is 17.0 Å². The number of amides is 1. The van der Waals surface area contributed by atoms with Crippen molar-refractivity contribution in [3.8, 4) is 11.5 Å². The molecular formula is C24H24N4O3. The molecule has 0 unspecified atom stereocenters. The summed E-state index contributed by atoms with van der Waals surface area (Å²) in [6, 6.07) is 20.6. The third-order valence-electron chi connectivity index (χ3n) is 5.22. The summed E-state index contributed by atoms with van der Waals surface area (Å²) < 4.78 is 12.6. The number of nitrogens with one attached hydrogen (secondary N) is 1. The highest BCUT2D eigenvalue weighted by atomic mass is 16.5. The molecule has 0 aliphatic heterocycles. The molecule has 0 radical (unpaired) electrons. The van der Waals surface area contributed by atoms with Gasteiger partial charge in [-0.25, -0.2) is 4.68 Å². The van der Waals surface area contributed by atoms with Crippen LogP contribution in [0.2, 0.25) is 0 Å². The van der Waals surface area contributed by atoms with Crippen LogP contribution in [0.1, 0.15) is 34.5 Å². The first kappa shape index (κ1) is 20.4. The Labute approximate surface area is 180 Å². The number of rotatable bonds is 7. The largest absolute Gasteiger partial charge is 0.497 e. The van der Waals surface area contributed by atoms with Crippen molar-refractivity contribution in [3.63, 3.8) is 0 Å². The van der Waals surface area contributed by atoms with Crippen molar-refractivity contribution in [2.75, 3.05) is 14.2 Å². The van der Waals surface area contributed by atoms with Crippen LogP contribution in [0.4, 0.5) is 0 Å². The van der Waals surface area contributed by atoms with Gasteiger partial charge in [-0.2, -0.15) is 0 Å². The Balaban J connectivity index is 1.46. The van der Waals surface area contributed by atoms with Crippen molar-refractivity contribution < 1.29 is 14.3 Å². The molecule has 1 N–H and O–H groups in total. The number of ether oxygens (including phenoxy) is 2. The van der Waals surface area contributed by atoms with Crippen LogP contribution < -0.4 is 14.8 Å². The van der Waals surface area contributed by atoms with Crippen molar-refractivity contribution in [1.29, 1.82) is 0 Å². The summed E-state index contributed by atoms with van der Waals surface area (Å²) in [5, 5.41) is 11.4. The van der Waals surface area contributed by atoms with Gasteiger partial charge in [-0.15, -0.1) is 5.10 Å². The molecule has 3 aromatic carbocycles. The molecule has 7 heteroatoms. The smallest absolute Gasteiger partial charge is 0.251 e. The first-order valence-corrected chi connectivity index (χ1v) is 9.99. The predicted octanol–water partition coefficient (Wildman–Crippen LogP) is 3.99. The third-order valence-corrected chi connectivity index (χ3v) is 5.22. The Bertz CT molecular complexity index is 1200. The van der Waals surface area contributed by atoms with E-state index < -0.39 is 0 Å². The van der Waals surface area contributed by atoms with Gasteiger partial charge in [-0.1, -0.05) is 29.5 Å². The molecule has 4 aromatic rings. The second-order valence-corrected chi connectivity index (χ2v) is 7.24. The predicted molar refractivity (Wildman–Crippen MR) is 118 cm³/mol. The fourth-order valence-corrected chi connectivity index (χ4v) is 3.50. The van der Waals surface area contributed by atoms with E-state index in [0.717, 1.165) is 22.2 Å². The molecular weight excluding hydrogens is 392 g/mol. The maximum atomic E-state index is 12.8. The zero-order valence-electron chi connectivity index (χ0n) is 17.7. The van der Waals surface area contributed by atoms with Gasteiger partial charge in [0, 0.05) is 11.1 Å². The number of aromatic nitrogens is 3. The van der Waals surface area contributed by atoms with Crippen LogP contribution in [0.3, 0.4) is 0 Å². The average molecular weight is 416 g/mol. The quantitative estimate of drug-likeness (QED) is 0.493. The lowest BCUT2D eigenvalue weighted by Crippen LogP contribution is -2.27. The fourth-order valence-electron chi connectivity index (χ4n) is 3.50. The molecule has 31 heavy (non-hydrogen) atoms. The molecule has 0 spiro atoms. The maximum Gasteiger partial charge on any atom is 0.251 e. The van der Waals surface area contributed by atoms with E-state index in [-0.39, 0.29) is 11.9 Å². The lowest BCUT2D eigenvalue weighted by molar-refractivity contribution is 0.0939. The normalized spacial score (nSPS) is 11.8. The highest BCUT2D eigenvalue weighted by Gasteiger charge is 2.16. The minimum Gasteiger partial charge on any atom is -0.497 e.